The number of nitriles is 1. The van der Waals surface area contributed by atoms with Crippen LogP contribution in [0.2, 0.25) is 0 Å². The molecule has 0 saturated heterocycles. The molecule has 0 saturated carbocycles. The van der Waals surface area contributed by atoms with Crippen LogP contribution in [0.25, 0.3) is 6.08 Å². The lowest BCUT2D eigenvalue weighted by atomic mass is 10.1. The molecule has 0 aromatic heterocycles. The third kappa shape index (κ3) is 2.09. The van der Waals surface area contributed by atoms with E-state index in [-0.39, 0.29) is 0 Å². The van der Waals surface area contributed by atoms with Crippen LogP contribution in [0, 0.1) is 11.3 Å². The Bertz CT molecular complexity index is 350. The van der Waals surface area contributed by atoms with Gasteiger partial charge in [0.25, 0.3) is 0 Å². The molecule has 0 aliphatic heterocycles. The Morgan fingerprint density at radius 3 is 2.92 bits per heavy atom. The van der Waals surface area contributed by atoms with Gasteiger partial charge in [-0.3, -0.25) is 0 Å². The van der Waals surface area contributed by atoms with Gasteiger partial charge in [-0.15, -0.1) is 0 Å². The molecule has 0 atom stereocenters. The number of hydrogen-bond donors (Lipinski definition) is 0. The molecule has 66 valence electrons. The van der Waals surface area contributed by atoms with Crippen molar-refractivity contribution in [3.8, 4) is 11.8 Å². The first kappa shape index (κ1) is 9.34. The predicted octanol–water partition coefficient (Wildman–Crippen LogP) is 2.40. The first-order valence-electron chi connectivity index (χ1n) is 3.98. The van der Waals surface area contributed by atoms with E-state index >= 15 is 0 Å². The van der Waals surface area contributed by atoms with E-state index in [1.165, 1.54) is 0 Å². The van der Waals surface area contributed by atoms with Crippen LogP contribution in [0.3, 0.4) is 0 Å². The summed E-state index contributed by atoms with van der Waals surface area (Å²) in [5.74, 6) is 0.789. The molecule has 0 heterocycles. The van der Waals surface area contributed by atoms with Gasteiger partial charge in [-0.2, -0.15) is 5.26 Å². The van der Waals surface area contributed by atoms with Crippen molar-refractivity contribution < 1.29 is 4.74 Å². The molecule has 0 aliphatic carbocycles. The number of benzene rings is 1. The van der Waals surface area contributed by atoms with Crippen LogP contribution in [0.1, 0.15) is 11.1 Å². The van der Waals surface area contributed by atoms with Crippen molar-refractivity contribution in [2.24, 2.45) is 0 Å². The van der Waals surface area contributed by atoms with Crippen molar-refractivity contribution in [1.82, 2.24) is 0 Å². The monoisotopic (exact) mass is 173 g/mol. The fourth-order valence-electron chi connectivity index (χ4n) is 1.14. The summed E-state index contributed by atoms with van der Waals surface area (Å²) in [6, 6.07) is 7.74. The van der Waals surface area contributed by atoms with Crippen molar-refractivity contribution in [3.63, 3.8) is 0 Å². The normalized spacial score (nSPS) is 8.92. The minimum Gasteiger partial charge on any atom is -0.496 e. The quantitative estimate of drug-likeness (QED) is 0.703. The maximum atomic E-state index is 8.50. The molecule has 0 amide bonds. The SMILES string of the molecule is C=Cc1cc(CC#N)ccc1OC. The smallest absolute Gasteiger partial charge is 0.126 e. The molecule has 0 radical (unpaired) electrons. The molecule has 1 aromatic carbocycles. The Labute approximate surface area is 78.1 Å². The highest BCUT2D eigenvalue weighted by Crippen LogP contribution is 2.20. The summed E-state index contributed by atoms with van der Waals surface area (Å²) in [7, 11) is 1.62. The van der Waals surface area contributed by atoms with E-state index in [0.29, 0.717) is 6.42 Å². The average molecular weight is 173 g/mol. The standard InChI is InChI=1S/C11H11NO/c1-3-10-8-9(6-7-12)4-5-11(10)13-2/h3-5,8H,1,6H2,2H3. The second-order valence-electron chi connectivity index (χ2n) is 2.62. The summed E-state index contributed by atoms with van der Waals surface area (Å²) in [5.41, 5.74) is 1.91. The summed E-state index contributed by atoms with van der Waals surface area (Å²) in [4.78, 5) is 0. The average Bonchev–Trinajstić information content (AvgIpc) is 2.18. The number of nitrogens with zero attached hydrogens (tertiary/aromatic N) is 1. The van der Waals surface area contributed by atoms with Crippen molar-refractivity contribution in [2.45, 2.75) is 6.42 Å². The maximum absolute atomic E-state index is 8.50. The van der Waals surface area contributed by atoms with E-state index in [0.717, 1.165) is 16.9 Å². The zero-order valence-electron chi connectivity index (χ0n) is 7.58. The van der Waals surface area contributed by atoms with E-state index in [2.05, 4.69) is 12.6 Å². The number of rotatable bonds is 3. The van der Waals surface area contributed by atoms with E-state index in [1.54, 1.807) is 13.2 Å². The molecule has 1 rings (SSSR count). The molecule has 2 nitrogen and oxygen atoms in total. The van der Waals surface area contributed by atoms with Crippen LogP contribution < -0.4 is 4.74 Å². The van der Waals surface area contributed by atoms with Gasteiger partial charge < -0.3 is 4.74 Å². The lowest BCUT2D eigenvalue weighted by molar-refractivity contribution is 0.413. The Balaban J connectivity index is 3.07. The molecular weight excluding hydrogens is 162 g/mol. The fourth-order valence-corrected chi connectivity index (χ4v) is 1.14. The van der Waals surface area contributed by atoms with Gasteiger partial charge in [0.2, 0.25) is 0 Å². The second-order valence-corrected chi connectivity index (χ2v) is 2.62. The van der Waals surface area contributed by atoms with Gasteiger partial charge in [0.15, 0.2) is 0 Å². The zero-order chi connectivity index (χ0) is 9.68. The van der Waals surface area contributed by atoms with Crippen molar-refractivity contribution in [3.05, 3.63) is 35.9 Å². The molecule has 0 fully saturated rings. The largest absolute Gasteiger partial charge is 0.496 e. The third-order valence-electron chi connectivity index (χ3n) is 1.80. The highest BCUT2D eigenvalue weighted by atomic mass is 16.5. The first-order valence-corrected chi connectivity index (χ1v) is 3.98. The molecule has 13 heavy (non-hydrogen) atoms. The minimum atomic E-state index is 0.421. The summed E-state index contributed by atoms with van der Waals surface area (Å²) in [5, 5.41) is 8.50. The number of hydrogen-bond acceptors (Lipinski definition) is 2. The molecule has 0 N–H and O–H groups in total. The van der Waals surface area contributed by atoms with Gasteiger partial charge in [-0.1, -0.05) is 18.7 Å². The molecule has 0 spiro atoms. The minimum absolute atomic E-state index is 0.421. The van der Waals surface area contributed by atoms with Gasteiger partial charge >= 0.3 is 0 Å². The van der Waals surface area contributed by atoms with E-state index < -0.39 is 0 Å². The molecule has 0 unspecified atom stereocenters. The van der Waals surface area contributed by atoms with Crippen molar-refractivity contribution in [2.75, 3.05) is 7.11 Å². The van der Waals surface area contributed by atoms with Gasteiger partial charge in [0.05, 0.1) is 19.6 Å². The summed E-state index contributed by atoms with van der Waals surface area (Å²) < 4.78 is 5.12. The van der Waals surface area contributed by atoms with Gasteiger partial charge in [-0.05, 0) is 17.7 Å². The highest BCUT2D eigenvalue weighted by molar-refractivity contribution is 5.57. The Hall–Kier alpha value is -1.75. The van der Waals surface area contributed by atoms with Gasteiger partial charge in [0, 0.05) is 5.56 Å². The number of methoxy groups -OCH3 is 1. The van der Waals surface area contributed by atoms with Gasteiger partial charge in [0.1, 0.15) is 5.75 Å². The van der Waals surface area contributed by atoms with E-state index in [1.807, 2.05) is 18.2 Å². The Kier molecular flexibility index (Phi) is 3.10. The van der Waals surface area contributed by atoms with Crippen LogP contribution in [-0.4, -0.2) is 7.11 Å². The van der Waals surface area contributed by atoms with Crippen LogP contribution in [0.5, 0.6) is 5.75 Å². The summed E-state index contributed by atoms with van der Waals surface area (Å²) >= 11 is 0. The third-order valence-corrected chi connectivity index (χ3v) is 1.80. The van der Waals surface area contributed by atoms with Crippen LogP contribution in [0.4, 0.5) is 0 Å². The lowest BCUT2D eigenvalue weighted by Crippen LogP contribution is -1.89. The summed E-state index contributed by atoms with van der Waals surface area (Å²) in [6.45, 7) is 3.68. The number of ether oxygens (including phenoxy) is 1. The first-order chi connectivity index (χ1) is 6.31. The van der Waals surface area contributed by atoms with E-state index in [4.69, 9.17) is 10.00 Å². The van der Waals surface area contributed by atoms with Gasteiger partial charge in [-0.25, -0.2) is 0 Å². The van der Waals surface area contributed by atoms with Crippen LogP contribution in [0.15, 0.2) is 24.8 Å². The molecule has 1 aromatic rings. The lowest BCUT2D eigenvalue weighted by Gasteiger charge is -2.05. The van der Waals surface area contributed by atoms with Crippen LogP contribution in [-0.2, 0) is 6.42 Å². The fraction of sp³-hybridized carbons (Fsp3) is 0.182. The predicted molar refractivity (Wildman–Crippen MR) is 52.4 cm³/mol. The summed E-state index contributed by atoms with van der Waals surface area (Å²) in [6.07, 6.45) is 2.14. The van der Waals surface area contributed by atoms with Crippen molar-refractivity contribution in [1.29, 1.82) is 5.26 Å². The zero-order valence-corrected chi connectivity index (χ0v) is 7.58. The second kappa shape index (κ2) is 4.32. The Morgan fingerprint density at radius 1 is 1.62 bits per heavy atom. The Morgan fingerprint density at radius 2 is 2.38 bits per heavy atom. The molecule has 2 heteroatoms. The van der Waals surface area contributed by atoms with Crippen LogP contribution >= 0.6 is 0 Å². The molecule has 0 bridgehead atoms. The van der Waals surface area contributed by atoms with E-state index in [9.17, 15) is 0 Å². The topological polar surface area (TPSA) is 33.0 Å². The highest BCUT2D eigenvalue weighted by Gasteiger charge is 2.00. The van der Waals surface area contributed by atoms with Crippen molar-refractivity contribution >= 4 is 6.08 Å². The molecular formula is C11H11NO. The maximum Gasteiger partial charge on any atom is 0.126 e. The molecule has 0 aliphatic rings.